The van der Waals surface area contributed by atoms with Crippen molar-refractivity contribution in [2.24, 2.45) is 0 Å². The van der Waals surface area contributed by atoms with Crippen molar-refractivity contribution in [3.63, 3.8) is 0 Å². The van der Waals surface area contributed by atoms with Gasteiger partial charge in [0, 0.05) is 6.54 Å². The molecule has 0 saturated heterocycles. The molecule has 0 aliphatic rings. The molecule has 72 valence electrons. The van der Waals surface area contributed by atoms with Crippen LogP contribution >= 0.6 is 15.9 Å². The van der Waals surface area contributed by atoms with Crippen LogP contribution in [0.3, 0.4) is 0 Å². The normalized spacial score (nSPS) is 10.2. The van der Waals surface area contributed by atoms with Crippen LogP contribution in [-0.2, 0) is 6.54 Å². The summed E-state index contributed by atoms with van der Waals surface area (Å²) in [6.07, 6.45) is 0. The highest BCUT2D eigenvalue weighted by atomic mass is 79.9. The standard InChI is InChI=1S/C10H14BrNO/c1-7-8(6-12-2)4-5-9(13-3)10(7)11/h4-5,12H,6H2,1-3H3. The SMILES string of the molecule is CNCc1ccc(OC)c(Br)c1C. The summed E-state index contributed by atoms with van der Waals surface area (Å²) in [7, 11) is 3.62. The Bertz CT molecular complexity index is 299. The molecule has 2 nitrogen and oxygen atoms in total. The lowest BCUT2D eigenvalue weighted by Gasteiger charge is -2.10. The molecule has 1 aromatic carbocycles. The molecule has 3 heteroatoms. The van der Waals surface area contributed by atoms with Gasteiger partial charge in [-0.05, 0) is 47.1 Å². The van der Waals surface area contributed by atoms with E-state index in [1.54, 1.807) is 7.11 Å². The van der Waals surface area contributed by atoms with Crippen LogP contribution in [0.2, 0.25) is 0 Å². The molecule has 1 aromatic rings. The van der Waals surface area contributed by atoms with Gasteiger partial charge < -0.3 is 10.1 Å². The summed E-state index contributed by atoms with van der Waals surface area (Å²) in [4.78, 5) is 0. The summed E-state index contributed by atoms with van der Waals surface area (Å²) < 4.78 is 6.24. The predicted molar refractivity (Wildman–Crippen MR) is 58.2 cm³/mol. The fraction of sp³-hybridized carbons (Fsp3) is 0.400. The lowest BCUT2D eigenvalue weighted by Crippen LogP contribution is -2.07. The van der Waals surface area contributed by atoms with E-state index in [0.717, 1.165) is 16.8 Å². The predicted octanol–water partition coefficient (Wildman–Crippen LogP) is 2.49. The van der Waals surface area contributed by atoms with Crippen LogP contribution in [0.4, 0.5) is 0 Å². The fourth-order valence-corrected chi connectivity index (χ4v) is 1.79. The van der Waals surface area contributed by atoms with E-state index < -0.39 is 0 Å². The second kappa shape index (κ2) is 4.63. The Morgan fingerprint density at radius 3 is 2.69 bits per heavy atom. The van der Waals surface area contributed by atoms with Crippen molar-refractivity contribution in [1.29, 1.82) is 0 Å². The number of nitrogens with one attached hydrogen (secondary N) is 1. The average Bonchev–Trinajstić information content (AvgIpc) is 2.14. The molecular weight excluding hydrogens is 230 g/mol. The number of benzene rings is 1. The number of ether oxygens (including phenoxy) is 1. The average molecular weight is 244 g/mol. The Morgan fingerprint density at radius 2 is 2.15 bits per heavy atom. The van der Waals surface area contributed by atoms with Crippen molar-refractivity contribution in [2.45, 2.75) is 13.5 Å². The molecule has 0 amide bonds. The van der Waals surface area contributed by atoms with E-state index in [4.69, 9.17) is 4.74 Å². The molecule has 0 heterocycles. The van der Waals surface area contributed by atoms with Gasteiger partial charge in [0.15, 0.2) is 0 Å². The van der Waals surface area contributed by atoms with Gasteiger partial charge in [0.1, 0.15) is 5.75 Å². The van der Waals surface area contributed by atoms with E-state index >= 15 is 0 Å². The minimum absolute atomic E-state index is 0.883. The Hall–Kier alpha value is -0.540. The van der Waals surface area contributed by atoms with Gasteiger partial charge in [-0.2, -0.15) is 0 Å². The maximum atomic E-state index is 5.19. The zero-order valence-electron chi connectivity index (χ0n) is 8.15. The Kier molecular flexibility index (Phi) is 3.75. The zero-order valence-corrected chi connectivity index (χ0v) is 9.73. The molecule has 0 radical (unpaired) electrons. The van der Waals surface area contributed by atoms with Crippen molar-refractivity contribution < 1.29 is 4.74 Å². The van der Waals surface area contributed by atoms with Crippen LogP contribution in [0.25, 0.3) is 0 Å². The van der Waals surface area contributed by atoms with Crippen LogP contribution in [0.1, 0.15) is 11.1 Å². The summed E-state index contributed by atoms with van der Waals surface area (Å²) >= 11 is 3.51. The summed E-state index contributed by atoms with van der Waals surface area (Å²) in [5.74, 6) is 0.886. The van der Waals surface area contributed by atoms with Gasteiger partial charge in [-0.15, -0.1) is 0 Å². The van der Waals surface area contributed by atoms with Gasteiger partial charge in [0.2, 0.25) is 0 Å². The monoisotopic (exact) mass is 243 g/mol. The molecule has 0 aliphatic carbocycles. The van der Waals surface area contributed by atoms with Gasteiger partial charge >= 0.3 is 0 Å². The number of hydrogen-bond donors (Lipinski definition) is 1. The molecule has 0 spiro atoms. The number of rotatable bonds is 3. The Labute approximate surface area is 87.4 Å². The first-order valence-electron chi connectivity index (χ1n) is 4.17. The molecule has 1 N–H and O–H groups in total. The highest BCUT2D eigenvalue weighted by Crippen LogP contribution is 2.30. The molecule has 13 heavy (non-hydrogen) atoms. The van der Waals surface area contributed by atoms with Crippen molar-refractivity contribution in [1.82, 2.24) is 5.32 Å². The minimum atomic E-state index is 0.883. The second-order valence-electron chi connectivity index (χ2n) is 2.90. The highest BCUT2D eigenvalue weighted by molar-refractivity contribution is 9.10. The van der Waals surface area contributed by atoms with Gasteiger partial charge in [0.05, 0.1) is 11.6 Å². The van der Waals surface area contributed by atoms with E-state index in [1.807, 2.05) is 13.1 Å². The third-order valence-electron chi connectivity index (χ3n) is 2.05. The highest BCUT2D eigenvalue weighted by Gasteiger charge is 2.06. The summed E-state index contributed by atoms with van der Waals surface area (Å²) in [5.41, 5.74) is 2.52. The maximum Gasteiger partial charge on any atom is 0.133 e. The minimum Gasteiger partial charge on any atom is -0.496 e. The van der Waals surface area contributed by atoms with E-state index in [0.29, 0.717) is 0 Å². The topological polar surface area (TPSA) is 21.3 Å². The van der Waals surface area contributed by atoms with E-state index in [9.17, 15) is 0 Å². The Balaban J connectivity index is 3.07. The van der Waals surface area contributed by atoms with Crippen LogP contribution in [0.5, 0.6) is 5.75 Å². The quantitative estimate of drug-likeness (QED) is 0.881. The van der Waals surface area contributed by atoms with Crippen LogP contribution in [-0.4, -0.2) is 14.2 Å². The van der Waals surface area contributed by atoms with Crippen molar-refractivity contribution in [2.75, 3.05) is 14.2 Å². The molecule has 0 aliphatic heterocycles. The number of hydrogen-bond acceptors (Lipinski definition) is 2. The van der Waals surface area contributed by atoms with Gasteiger partial charge in [-0.3, -0.25) is 0 Å². The largest absolute Gasteiger partial charge is 0.496 e. The van der Waals surface area contributed by atoms with Gasteiger partial charge in [0.25, 0.3) is 0 Å². The van der Waals surface area contributed by atoms with Gasteiger partial charge in [-0.25, -0.2) is 0 Å². The first-order chi connectivity index (χ1) is 6.20. The van der Waals surface area contributed by atoms with Crippen molar-refractivity contribution in [3.05, 3.63) is 27.7 Å². The summed E-state index contributed by atoms with van der Waals surface area (Å²) in [6, 6.07) is 4.05. The van der Waals surface area contributed by atoms with E-state index in [2.05, 4.69) is 34.2 Å². The third kappa shape index (κ3) is 2.23. The molecule has 0 atom stereocenters. The lowest BCUT2D eigenvalue weighted by molar-refractivity contribution is 0.411. The van der Waals surface area contributed by atoms with Gasteiger partial charge in [-0.1, -0.05) is 6.07 Å². The molecule has 0 unspecified atom stereocenters. The Morgan fingerprint density at radius 1 is 1.46 bits per heavy atom. The summed E-state index contributed by atoms with van der Waals surface area (Å²) in [6.45, 7) is 2.97. The molecular formula is C10H14BrNO. The van der Waals surface area contributed by atoms with Crippen LogP contribution < -0.4 is 10.1 Å². The van der Waals surface area contributed by atoms with Crippen LogP contribution in [0, 0.1) is 6.92 Å². The number of methoxy groups -OCH3 is 1. The first kappa shape index (κ1) is 10.5. The maximum absolute atomic E-state index is 5.19. The number of halogens is 1. The first-order valence-corrected chi connectivity index (χ1v) is 4.96. The van der Waals surface area contributed by atoms with Crippen molar-refractivity contribution >= 4 is 15.9 Å². The molecule has 0 bridgehead atoms. The smallest absolute Gasteiger partial charge is 0.133 e. The molecule has 0 saturated carbocycles. The zero-order chi connectivity index (χ0) is 9.84. The molecule has 1 rings (SSSR count). The molecule has 0 fully saturated rings. The fourth-order valence-electron chi connectivity index (χ4n) is 1.24. The lowest BCUT2D eigenvalue weighted by atomic mass is 10.1. The third-order valence-corrected chi connectivity index (χ3v) is 3.04. The molecule has 0 aromatic heterocycles. The van der Waals surface area contributed by atoms with Crippen molar-refractivity contribution in [3.8, 4) is 5.75 Å². The van der Waals surface area contributed by atoms with E-state index in [1.165, 1.54) is 11.1 Å². The van der Waals surface area contributed by atoms with Crippen LogP contribution in [0.15, 0.2) is 16.6 Å². The van der Waals surface area contributed by atoms with E-state index in [-0.39, 0.29) is 0 Å². The summed E-state index contributed by atoms with van der Waals surface area (Å²) in [5, 5.41) is 3.13. The second-order valence-corrected chi connectivity index (χ2v) is 3.69.